The van der Waals surface area contributed by atoms with Gasteiger partial charge in [0.1, 0.15) is 0 Å². The zero-order valence-electron chi connectivity index (χ0n) is 15.5. The van der Waals surface area contributed by atoms with E-state index in [9.17, 15) is 14.9 Å². The van der Waals surface area contributed by atoms with Gasteiger partial charge in [0, 0.05) is 22.2 Å². The molecule has 3 rings (SSSR count). The summed E-state index contributed by atoms with van der Waals surface area (Å²) in [5, 5.41) is 15.5. The van der Waals surface area contributed by atoms with Gasteiger partial charge >= 0.3 is 0 Å². The summed E-state index contributed by atoms with van der Waals surface area (Å²) in [6, 6.07) is 9.63. The van der Waals surface area contributed by atoms with E-state index in [0.29, 0.717) is 38.4 Å². The number of hydrogen-bond acceptors (Lipinski definition) is 7. The first kappa shape index (κ1) is 20.7. The van der Waals surface area contributed by atoms with E-state index in [2.05, 4.69) is 26.5 Å². The fourth-order valence-corrected chi connectivity index (χ4v) is 4.15. The number of hydrazone groups is 1. The quantitative estimate of drug-likeness (QED) is 0.300. The molecular weight excluding hydrogens is 462 g/mol. The lowest BCUT2D eigenvalue weighted by molar-refractivity contribution is -0.384. The largest absolute Gasteiger partial charge is 0.492 e. The van der Waals surface area contributed by atoms with E-state index in [1.54, 1.807) is 31.4 Å². The van der Waals surface area contributed by atoms with Crippen LogP contribution >= 0.6 is 27.3 Å². The standard InChI is InChI=1S/C19H16BrN3O5S/c1-3-28-15-7-11(6-14(20)18(15)27-2)10-21-22-19(24)17-9-12-8-13(23(25)26)4-5-16(12)29-17/h4-10H,3H2,1-2H3,(H,22,24)/b21-10-. The van der Waals surface area contributed by atoms with E-state index in [-0.39, 0.29) is 5.69 Å². The van der Waals surface area contributed by atoms with Crippen LogP contribution in [0.5, 0.6) is 11.5 Å². The number of benzene rings is 2. The number of nitro benzene ring substituents is 1. The Balaban J connectivity index is 1.75. The van der Waals surface area contributed by atoms with Crippen molar-refractivity contribution in [3.05, 3.63) is 61.4 Å². The summed E-state index contributed by atoms with van der Waals surface area (Å²) in [6.45, 7) is 2.35. The molecule has 0 saturated carbocycles. The molecule has 0 radical (unpaired) electrons. The summed E-state index contributed by atoms with van der Waals surface area (Å²) < 4.78 is 12.3. The molecule has 1 N–H and O–H groups in total. The van der Waals surface area contributed by atoms with Crippen molar-refractivity contribution in [2.75, 3.05) is 13.7 Å². The minimum atomic E-state index is -0.468. The van der Waals surface area contributed by atoms with Gasteiger partial charge in [-0.05, 0) is 52.7 Å². The molecule has 10 heteroatoms. The minimum absolute atomic E-state index is 0.0181. The smallest absolute Gasteiger partial charge is 0.281 e. The Morgan fingerprint density at radius 2 is 2.14 bits per heavy atom. The van der Waals surface area contributed by atoms with Crippen LogP contribution in [0.15, 0.2) is 46.0 Å². The number of nitro groups is 1. The monoisotopic (exact) mass is 477 g/mol. The fourth-order valence-electron chi connectivity index (χ4n) is 2.60. The lowest BCUT2D eigenvalue weighted by Gasteiger charge is -2.11. The van der Waals surface area contributed by atoms with Crippen molar-refractivity contribution in [3.63, 3.8) is 0 Å². The van der Waals surface area contributed by atoms with Gasteiger partial charge in [0.15, 0.2) is 11.5 Å². The second-order valence-electron chi connectivity index (χ2n) is 5.76. The van der Waals surface area contributed by atoms with Crippen LogP contribution < -0.4 is 14.9 Å². The number of halogens is 1. The van der Waals surface area contributed by atoms with Crippen molar-refractivity contribution in [1.29, 1.82) is 0 Å². The third-order valence-electron chi connectivity index (χ3n) is 3.85. The van der Waals surface area contributed by atoms with E-state index in [0.717, 1.165) is 4.70 Å². The van der Waals surface area contributed by atoms with Crippen molar-refractivity contribution in [2.45, 2.75) is 6.92 Å². The third kappa shape index (κ3) is 4.72. The molecule has 150 valence electrons. The average molecular weight is 478 g/mol. The van der Waals surface area contributed by atoms with Crippen LogP contribution in [0.4, 0.5) is 5.69 Å². The number of nitrogens with zero attached hydrogens (tertiary/aromatic N) is 2. The molecule has 8 nitrogen and oxygen atoms in total. The van der Waals surface area contributed by atoms with E-state index in [1.807, 2.05) is 6.92 Å². The summed E-state index contributed by atoms with van der Waals surface area (Å²) in [5.41, 5.74) is 3.15. The second kappa shape index (κ2) is 9.01. The molecule has 0 aliphatic rings. The van der Waals surface area contributed by atoms with Gasteiger partial charge in [0.25, 0.3) is 11.6 Å². The van der Waals surface area contributed by atoms with Gasteiger partial charge in [-0.3, -0.25) is 14.9 Å². The lowest BCUT2D eigenvalue weighted by Crippen LogP contribution is -2.16. The molecule has 0 bridgehead atoms. The molecule has 29 heavy (non-hydrogen) atoms. The number of nitrogens with one attached hydrogen (secondary N) is 1. The number of non-ortho nitro benzene ring substituents is 1. The number of hydrogen-bond donors (Lipinski definition) is 1. The van der Waals surface area contributed by atoms with Crippen LogP contribution in [0, 0.1) is 10.1 Å². The number of methoxy groups -OCH3 is 1. The molecule has 0 atom stereocenters. The highest BCUT2D eigenvalue weighted by atomic mass is 79.9. The minimum Gasteiger partial charge on any atom is -0.492 e. The first-order chi connectivity index (χ1) is 13.9. The summed E-state index contributed by atoms with van der Waals surface area (Å²) >= 11 is 4.66. The van der Waals surface area contributed by atoms with Crippen LogP contribution in [-0.4, -0.2) is 30.8 Å². The summed E-state index contributed by atoms with van der Waals surface area (Å²) in [6.07, 6.45) is 1.49. The molecule has 0 fully saturated rings. The Labute approximate surface area is 178 Å². The molecule has 3 aromatic rings. The maximum absolute atomic E-state index is 12.4. The highest BCUT2D eigenvalue weighted by molar-refractivity contribution is 9.10. The van der Waals surface area contributed by atoms with Gasteiger partial charge in [-0.15, -0.1) is 11.3 Å². The molecule has 0 aliphatic heterocycles. The number of carbonyl (C=O) groups is 1. The summed E-state index contributed by atoms with van der Waals surface area (Å²) in [5.74, 6) is 0.735. The van der Waals surface area contributed by atoms with Crippen molar-refractivity contribution >= 4 is 55.2 Å². The Hall–Kier alpha value is -2.98. The van der Waals surface area contributed by atoms with Crippen LogP contribution in [0.3, 0.4) is 0 Å². The van der Waals surface area contributed by atoms with Gasteiger partial charge < -0.3 is 9.47 Å². The number of ether oxygens (including phenoxy) is 2. The normalized spacial score (nSPS) is 11.0. The zero-order valence-corrected chi connectivity index (χ0v) is 17.9. The number of fused-ring (bicyclic) bond motifs is 1. The fraction of sp³-hybridized carbons (Fsp3) is 0.158. The SMILES string of the molecule is CCOc1cc(/C=N\NC(=O)c2cc3cc([N+](=O)[O-])ccc3s2)cc(Br)c1OC. The molecular formula is C19H16BrN3O5S. The molecule has 0 spiro atoms. The molecule has 0 saturated heterocycles. The predicted molar refractivity (Wildman–Crippen MR) is 115 cm³/mol. The predicted octanol–water partition coefficient (Wildman–Crippen LogP) is 4.74. The molecule has 2 aromatic carbocycles. The van der Waals surface area contributed by atoms with Crippen molar-refractivity contribution in [1.82, 2.24) is 5.43 Å². The van der Waals surface area contributed by atoms with Crippen molar-refractivity contribution < 1.29 is 19.2 Å². The Morgan fingerprint density at radius 3 is 2.83 bits per heavy atom. The molecule has 0 aliphatic carbocycles. The van der Waals surface area contributed by atoms with Gasteiger partial charge in [-0.2, -0.15) is 5.10 Å². The first-order valence-corrected chi connectivity index (χ1v) is 10.1. The molecule has 1 aromatic heterocycles. The number of thiophene rings is 1. The average Bonchev–Trinajstić information content (AvgIpc) is 3.11. The summed E-state index contributed by atoms with van der Waals surface area (Å²) in [7, 11) is 1.55. The van der Waals surface area contributed by atoms with Gasteiger partial charge in [0.05, 0.1) is 34.2 Å². The van der Waals surface area contributed by atoms with Crippen LogP contribution in [0.25, 0.3) is 10.1 Å². The molecule has 1 amide bonds. The second-order valence-corrected chi connectivity index (χ2v) is 7.69. The topological polar surface area (TPSA) is 103 Å². The van der Waals surface area contributed by atoms with Crippen LogP contribution in [0.1, 0.15) is 22.2 Å². The highest BCUT2D eigenvalue weighted by Crippen LogP contribution is 2.36. The van der Waals surface area contributed by atoms with Crippen LogP contribution in [0.2, 0.25) is 0 Å². The number of amides is 1. The summed E-state index contributed by atoms with van der Waals surface area (Å²) in [4.78, 5) is 23.2. The van der Waals surface area contributed by atoms with Crippen molar-refractivity contribution in [3.8, 4) is 11.5 Å². The van der Waals surface area contributed by atoms with E-state index >= 15 is 0 Å². The third-order valence-corrected chi connectivity index (χ3v) is 5.55. The van der Waals surface area contributed by atoms with Crippen molar-refractivity contribution in [2.24, 2.45) is 5.10 Å². The van der Waals surface area contributed by atoms with E-state index in [1.165, 1.54) is 29.7 Å². The Bertz CT molecular complexity index is 1110. The Morgan fingerprint density at radius 1 is 1.34 bits per heavy atom. The van der Waals surface area contributed by atoms with Gasteiger partial charge in [-0.1, -0.05) is 0 Å². The van der Waals surface area contributed by atoms with E-state index < -0.39 is 10.8 Å². The first-order valence-electron chi connectivity index (χ1n) is 8.44. The molecule has 0 unspecified atom stereocenters. The Kier molecular flexibility index (Phi) is 6.45. The lowest BCUT2D eigenvalue weighted by atomic mass is 10.2. The number of rotatable bonds is 7. The number of carbonyl (C=O) groups excluding carboxylic acids is 1. The van der Waals surface area contributed by atoms with Gasteiger partial charge in [0.2, 0.25) is 0 Å². The highest BCUT2D eigenvalue weighted by Gasteiger charge is 2.13. The van der Waals surface area contributed by atoms with Crippen LogP contribution in [-0.2, 0) is 0 Å². The maximum Gasteiger partial charge on any atom is 0.281 e. The van der Waals surface area contributed by atoms with Gasteiger partial charge in [-0.25, -0.2) is 5.43 Å². The molecule has 1 heterocycles. The maximum atomic E-state index is 12.4. The van der Waals surface area contributed by atoms with E-state index in [4.69, 9.17) is 9.47 Å². The zero-order chi connectivity index (χ0) is 21.0.